The van der Waals surface area contributed by atoms with Crippen molar-refractivity contribution < 1.29 is 4.79 Å². The van der Waals surface area contributed by atoms with Gasteiger partial charge in [0, 0.05) is 37.8 Å². The van der Waals surface area contributed by atoms with E-state index in [4.69, 9.17) is 0 Å². The maximum atomic E-state index is 11.3. The van der Waals surface area contributed by atoms with Crippen molar-refractivity contribution in [1.82, 2.24) is 20.2 Å². The predicted molar refractivity (Wildman–Crippen MR) is 60.8 cm³/mol. The summed E-state index contributed by atoms with van der Waals surface area (Å²) in [4.78, 5) is 20.9. The summed E-state index contributed by atoms with van der Waals surface area (Å²) in [5, 5.41) is 2.91. The standard InChI is InChI=1S/C11H18N4O/c1-8-5-12-11(16)3-4-15(8)6-10-9(2)13-7-14-10/h7-8H,3-6H2,1-2H3,(H,12,16)(H,13,14). The highest BCUT2D eigenvalue weighted by molar-refractivity contribution is 5.76. The van der Waals surface area contributed by atoms with E-state index in [1.165, 1.54) is 0 Å². The Bertz CT molecular complexity index is 374. The molecule has 2 rings (SSSR count). The van der Waals surface area contributed by atoms with Crippen LogP contribution in [0.3, 0.4) is 0 Å². The molecule has 1 unspecified atom stereocenters. The van der Waals surface area contributed by atoms with Crippen LogP contribution in [-0.4, -0.2) is 39.9 Å². The summed E-state index contributed by atoms with van der Waals surface area (Å²) in [6, 6.07) is 0.363. The molecule has 0 aliphatic carbocycles. The largest absolute Gasteiger partial charge is 0.355 e. The summed E-state index contributed by atoms with van der Waals surface area (Å²) in [7, 11) is 0. The Labute approximate surface area is 95.2 Å². The second-order valence-electron chi connectivity index (χ2n) is 4.35. The minimum atomic E-state index is 0.146. The first-order valence-corrected chi connectivity index (χ1v) is 5.66. The number of nitrogens with one attached hydrogen (secondary N) is 2. The minimum Gasteiger partial charge on any atom is -0.355 e. The SMILES string of the molecule is Cc1[nH]cnc1CN1CCC(=O)NCC1C. The van der Waals surface area contributed by atoms with Gasteiger partial charge in [-0.25, -0.2) is 4.98 Å². The molecule has 2 N–H and O–H groups in total. The van der Waals surface area contributed by atoms with Crippen LogP contribution >= 0.6 is 0 Å². The number of amides is 1. The topological polar surface area (TPSA) is 61.0 Å². The average molecular weight is 222 g/mol. The van der Waals surface area contributed by atoms with Crippen molar-refractivity contribution in [2.45, 2.75) is 32.9 Å². The van der Waals surface area contributed by atoms with E-state index in [1.54, 1.807) is 6.33 Å². The summed E-state index contributed by atoms with van der Waals surface area (Å²) in [6.07, 6.45) is 2.30. The van der Waals surface area contributed by atoms with E-state index in [0.29, 0.717) is 12.5 Å². The van der Waals surface area contributed by atoms with Gasteiger partial charge < -0.3 is 10.3 Å². The van der Waals surface area contributed by atoms with Gasteiger partial charge in [-0.1, -0.05) is 0 Å². The number of H-pyrrole nitrogens is 1. The van der Waals surface area contributed by atoms with Crippen molar-refractivity contribution in [3.63, 3.8) is 0 Å². The number of aromatic amines is 1. The molecule has 1 atom stereocenters. The van der Waals surface area contributed by atoms with Crippen molar-refractivity contribution in [2.75, 3.05) is 13.1 Å². The summed E-state index contributed by atoms with van der Waals surface area (Å²) < 4.78 is 0. The Balaban J connectivity index is 2.03. The second kappa shape index (κ2) is 4.65. The zero-order valence-electron chi connectivity index (χ0n) is 9.79. The predicted octanol–water partition coefficient (Wildman–Crippen LogP) is 0.429. The first kappa shape index (κ1) is 11.1. The molecule has 0 bridgehead atoms. The molecule has 1 saturated heterocycles. The van der Waals surface area contributed by atoms with Crippen LogP contribution in [0.5, 0.6) is 0 Å². The maximum absolute atomic E-state index is 11.3. The quantitative estimate of drug-likeness (QED) is 0.762. The van der Waals surface area contributed by atoms with E-state index >= 15 is 0 Å². The van der Waals surface area contributed by atoms with E-state index in [1.807, 2.05) is 6.92 Å². The van der Waals surface area contributed by atoms with E-state index in [0.717, 1.165) is 31.0 Å². The Hall–Kier alpha value is -1.36. The normalized spacial score (nSPS) is 22.9. The van der Waals surface area contributed by atoms with Crippen LogP contribution in [0.4, 0.5) is 0 Å². The third kappa shape index (κ3) is 2.41. The highest BCUT2D eigenvalue weighted by Crippen LogP contribution is 2.11. The number of nitrogens with zero attached hydrogens (tertiary/aromatic N) is 2. The average Bonchev–Trinajstić information content (AvgIpc) is 2.59. The van der Waals surface area contributed by atoms with Gasteiger partial charge in [0.25, 0.3) is 0 Å². The molecule has 1 amide bonds. The maximum Gasteiger partial charge on any atom is 0.221 e. The molecule has 88 valence electrons. The van der Waals surface area contributed by atoms with Crippen LogP contribution in [0.15, 0.2) is 6.33 Å². The van der Waals surface area contributed by atoms with Gasteiger partial charge >= 0.3 is 0 Å². The highest BCUT2D eigenvalue weighted by Gasteiger charge is 2.21. The van der Waals surface area contributed by atoms with Crippen LogP contribution in [0.2, 0.25) is 0 Å². The molecular formula is C11H18N4O. The van der Waals surface area contributed by atoms with Gasteiger partial charge in [-0.2, -0.15) is 0 Å². The van der Waals surface area contributed by atoms with Crippen LogP contribution in [0.1, 0.15) is 24.7 Å². The van der Waals surface area contributed by atoms with Gasteiger partial charge in [0.15, 0.2) is 0 Å². The van der Waals surface area contributed by atoms with Crippen molar-refractivity contribution in [3.8, 4) is 0 Å². The van der Waals surface area contributed by atoms with Crippen LogP contribution < -0.4 is 5.32 Å². The van der Waals surface area contributed by atoms with Gasteiger partial charge in [-0.15, -0.1) is 0 Å². The monoisotopic (exact) mass is 222 g/mol. The molecule has 0 aromatic carbocycles. The molecular weight excluding hydrogens is 204 g/mol. The molecule has 0 spiro atoms. The number of aromatic nitrogens is 2. The Kier molecular flexibility index (Phi) is 3.24. The fraction of sp³-hybridized carbons (Fsp3) is 0.636. The molecule has 1 aromatic heterocycles. The first-order valence-electron chi connectivity index (χ1n) is 5.66. The summed E-state index contributed by atoms with van der Waals surface area (Å²) >= 11 is 0. The first-order chi connectivity index (χ1) is 7.66. The van der Waals surface area contributed by atoms with E-state index < -0.39 is 0 Å². The molecule has 1 aliphatic heterocycles. The van der Waals surface area contributed by atoms with Gasteiger partial charge in [-0.05, 0) is 13.8 Å². The zero-order valence-corrected chi connectivity index (χ0v) is 9.79. The lowest BCUT2D eigenvalue weighted by molar-refractivity contribution is -0.120. The summed E-state index contributed by atoms with van der Waals surface area (Å²) in [6.45, 7) is 6.49. The molecule has 1 aliphatic rings. The summed E-state index contributed by atoms with van der Waals surface area (Å²) in [5.41, 5.74) is 2.18. The van der Waals surface area contributed by atoms with Crippen LogP contribution in [0.25, 0.3) is 0 Å². The number of carbonyl (C=O) groups is 1. The number of carbonyl (C=O) groups excluding carboxylic acids is 1. The zero-order chi connectivity index (χ0) is 11.5. The third-order valence-corrected chi connectivity index (χ3v) is 3.13. The fourth-order valence-electron chi connectivity index (χ4n) is 1.92. The van der Waals surface area contributed by atoms with Crippen LogP contribution in [0, 0.1) is 6.92 Å². The third-order valence-electron chi connectivity index (χ3n) is 3.13. The number of hydrogen-bond donors (Lipinski definition) is 2. The van der Waals surface area contributed by atoms with E-state index in [9.17, 15) is 4.79 Å². The molecule has 5 nitrogen and oxygen atoms in total. The molecule has 5 heteroatoms. The molecule has 2 heterocycles. The molecule has 0 radical (unpaired) electrons. The van der Waals surface area contributed by atoms with Crippen LogP contribution in [-0.2, 0) is 11.3 Å². The van der Waals surface area contributed by atoms with Gasteiger partial charge in [0.1, 0.15) is 0 Å². The van der Waals surface area contributed by atoms with Gasteiger partial charge in [0.2, 0.25) is 5.91 Å². The lowest BCUT2D eigenvalue weighted by Crippen LogP contribution is -2.37. The number of aryl methyl sites for hydroxylation is 1. The summed E-state index contributed by atoms with van der Waals surface area (Å²) in [5.74, 6) is 0.146. The molecule has 1 fully saturated rings. The second-order valence-corrected chi connectivity index (χ2v) is 4.35. The Morgan fingerprint density at radius 2 is 2.44 bits per heavy atom. The van der Waals surface area contributed by atoms with E-state index in [2.05, 4.69) is 27.1 Å². The number of rotatable bonds is 2. The minimum absolute atomic E-state index is 0.146. The Morgan fingerprint density at radius 1 is 1.62 bits per heavy atom. The van der Waals surface area contributed by atoms with Gasteiger partial charge in [-0.3, -0.25) is 9.69 Å². The molecule has 1 aromatic rings. The van der Waals surface area contributed by atoms with Crippen molar-refractivity contribution in [2.24, 2.45) is 0 Å². The lowest BCUT2D eigenvalue weighted by Gasteiger charge is -2.25. The molecule has 16 heavy (non-hydrogen) atoms. The smallest absolute Gasteiger partial charge is 0.221 e. The Morgan fingerprint density at radius 3 is 3.12 bits per heavy atom. The number of hydrogen-bond acceptors (Lipinski definition) is 3. The molecule has 0 saturated carbocycles. The van der Waals surface area contributed by atoms with Crippen molar-refractivity contribution in [3.05, 3.63) is 17.7 Å². The van der Waals surface area contributed by atoms with Gasteiger partial charge in [0.05, 0.1) is 12.0 Å². The van der Waals surface area contributed by atoms with Crippen molar-refractivity contribution >= 4 is 5.91 Å². The van der Waals surface area contributed by atoms with E-state index in [-0.39, 0.29) is 5.91 Å². The lowest BCUT2D eigenvalue weighted by atomic mass is 10.2. The number of imidazole rings is 1. The fourth-order valence-corrected chi connectivity index (χ4v) is 1.92. The highest BCUT2D eigenvalue weighted by atomic mass is 16.1. The van der Waals surface area contributed by atoms with Crippen molar-refractivity contribution in [1.29, 1.82) is 0 Å².